The van der Waals surface area contributed by atoms with Crippen LogP contribution in [0.3, 0.4) is 0 Å². The van der Waals surface area contributed by atoms with Crippen LogP contribution in [0.2, 0.25) is 10.0 Å². The average Bonchev–Trinajstić information content (AvgIpc) is 3.06. The van der Waals surface area contributed by atoms with Gasteiger partial charge in [0.2, 0.25) is 11.8 Å². The van der Waals surface area contributed by atoms with Gasteiger partial charge in [-0.05, 0) is 54.8 Å². The molecule has 11 nitrogen and oxygen atoms in total. The maximum Gasteiger partial charge on any atom is 0.265 e. The summed E-state index contributed by atoms with van der Waals surface area (Å²) < 4.78 is 51.3. The van der Waals surface area contributed by atoms with Crippen LogP contribution in [0.1, 0.15) is 32.3 Å². The van der Waals surface area contributed by atoms with Gasteiger partial charge in [0.15, 0.2) is 11.5 Å². The highest BCUT2D eigenvalue weighted by molar-refractivity contribution is 7.92. The van der Waals surface area contributed by atoms with Crippen LogP contribution in [0.5, 0.6) is 23.0 Å². The number of hydrogen-bond donors (Lipinski definition) is 1. The molecule has 0 radical (unpaired) electrons. The zero-order valence-corrected chi connectivity index (χ0v) is 29.0. The summed E-state index contributed by atoms with van der Waals surface area (Å²) >= 11 is 12.4. The second-order valence-corrected chi connectivity index (χ2v) is 12.7. The first kappa shape index (κ1) is 36.6. The number of ether oxygens (including phenoxy) is 4. The second kappa shape index (κ2) is 16.6. The molecule has 3 aromatic rings. The number of rotatable bonds is 16. The van der Waals surface area contributed by atoms with Crippen molar-refractivity contribution in [3.8, 4) is 23.0 Å². The van der Waals surface area contributed by atoms with Crippen molar-refractivity contribution in [1.29, 1.82) is 0 Å². The highest BCUT2D eigenvalue weighted by Crippen LogP contribution is 2.38. The summed E-state index contributed by atoms with van der Waals surface area (Å²) in [5.41, 5.74) is 0.640. The first-order valence-electron chi connectivity index (χ1n) is 14.4. The van der Waals surface area contributed by atoms with E-state index in [1.807, 2.05) is 6.92 Å². The van der Waals surface area contributed by atoms with Crippen LogP contribution < -0.4 is 28.6 Å². The molecule has 1 atom stereocenters. The molecule has 1 N–H and O–H groups in total. The minimum absolute atomic E-state index is 0.0444. The lowest BCUT2D eigenvalue weighted by Gasteiger charge is -2.33. The predicted octanol–water partition coefficient (Wildman–Crippen LogP) is 5.56. The third-order valence-corrected chi connectivity index (χ3v) is 9.64. The molecule has 0 aliphatic rings. The highest BCUT2D eigenvalue weighted by atomic mass is 35.5. The minimum Gasteiger partial charge on any atom is -0.497 e. The highest BCUT2D eigenvalue weighted by Gasteiger charge is 2.35. The molecule has 0 aromatic heterocycles. The molecule has 0 aliphatic heterocycles. The first-order valence-corrected chi connectivity index (χ1v) is 16.6. The van der Waals surface area contributed by atoms with Crippen molar-refractivity contribution in [3.63, 3.8) is 0 Å². The van der Waals surface area contributed by atoms with Crippen LogP contribution in [0.25, 0.3) is 0 Å². The first-order chi connectivity index (χ1) is 21.9. The Kier molecular flexibility index (Phi) is 13.2. The van der Waals surface area contributed by atoms with Gasteiger partial charge < -0.3 is 29.2 Å². The van der Waals surface area contributed by atoms with E-state index in [9.17, 15) is 18.0 Å². The lowest BCUT2D eigenvalue weighted by atomic mass is 10.1. The SMILES string of the molecule is CCCNC(=O)[C@@H](CC)N(Cc1ccc(Cl)c(Cl)c1)C(=O)CN(c1cc(OC)ccc1OC)S(=O)(=O)c1ccc(OC)c(OC)c1. The summed E-state index contributed by atoms with van der Waals surface area (Å²) in [4.78, 5) is 28.9. The van der Waals surface area contributed by atoms with Crippen LogP contribution in [-0.2, 0) is 26.2 Å². The molecule has 0 saturated carbocycles. The number of nitrogens with zero attached hydrogens (tertiary/aromatic N) is 2. The molecular formula is C32H39Cl2N3O8S. The van der Waals surface area contributed by atoms with Gasteiger partial charge in [-0.15, -0.1) is 0 Å². The predicted molar refractivity (Wildman–Crippen MR) is 178 cm³/mol. The number of anilines is 1. The Morgan fingerprint density at radius 1 is 0.826 bits per heavy atom. The Balaban J connectivity index is 2.20. The molecule has 2 amide bonds. The van der Waals surface area contributed by atoms with E-state index in [4.69, 9.17) is 42.1 Å². The van der Waals surface area contributed by atoms with Crippen molar-refractivity contribution >= 4 is 50.7 Å². The fourth-order valence-corrected chi connectivity index (χ4v) is 6.48. The summed E-state index contributed by atoms with van der Waals surface area (Å²) in [7, 11) is 1.16. The van der Waals surface area contributed by atoms with E-state index in [-0.39, 0.29) is 46.0 Å². The van der Waals surface area contributed by atoms with E-state index >= 15 is 0 Å². The molecule has 14 heteroatoms. The number of carbonyl (C=O) groups excluding carboxylic acids is 2. The van der Waals surface area contributed by atoms with E-state index in [0.29, 0.717) is 35.1 Å². The molecule has 0 heterocycles. The van der Waals surface area contributed by atoms with E-state index in [0.717, 1.165) is 4.31 Å². The number of benzene rings is 3. The molecule has 0 bridgehead atoms. The van der Waals surface area contributed by atoms with Gasteiger partial charge in [0.05, 0.1) is 49.1 Å². The Morgan fingerprint density at radius 3 is 2.09 bits per heavy atom. The molecule has 3 rings (SSSR count). The molecule has 250 valence electrons. The third kappa shape index (κ3) is 8.48. The number of hydrogen-bond acceptors (Lipinski definition) is 8. The van der Waals surface area contributed by atoms with Crippen molar-refractivity contribution in [2.45, 2.75) is 44.2 Å². The second-order valence-electron chi connectivity index (χ2n) is 10.1. The largest absolute Gasteiger partial charge is 0.497 e. The van der Waals surface area contributed by atoms with E-state index in [1.54, 1.807) is 31.2 Å². The maximum absolute atomic E-state index is 14.4. The molecule has 0 fully saturated rings. The Hall–Kier alpha value is -3.87. The molecule has 3 aromatic carbocycles. The van der Waals surface area contributed by atoms with E-state index < -0.39 is 28.5 Å². The van der Waals surface area contributed by atoms with E-state index in [2.05, 4.69) is 5.32 Å². The van der Waals surface area contributed by atoms with Gasteiger partial charge in [-0.25, -0.2) is 8.42 Å². The standard InChI is InChI=1S/C32H39Cl2N3O8S/c1-7-15-35-32(39)26(8-2)36(19-21-9-12-24(33)25(34)16-21)31(38)20-37(27-17-22(42-3)10-13-28(27)43-4)46(40,41)23-11-14-29(44-5)30(18-23)45-6/h9-14,16-18,26H,7-8,15,19-20H2,1-6H3,(H,35,39)/t26-/m1/s1. The fraction of sp³-hybridized carbons (Fsp3) is 0.375. The summed E-state index contributed by atoms with van der Waals surface area (Å²) in [5, 5.41) is 3.45. The van der Waals surface area contributed by atoms with Gasteiger partial charge in [-0.1, -0.05) is 43.1 Å². The lowest BCUT2D eigenvalue weighted by Crippen LogP contribution is -2.52. The number of halogens is 2. The molecule has 46 heavy (non-hydrogen) atoms. The smallest absolute Gasteiger partial charge is 0.265 e. The molecule has 0 aliphatic carbocycles. The molecule has 0 unspecified atom stereocenters. The monoisotopic (exact) mass is 695 g/mol. The van der Waals surface area contributed by atoms with Crippen molar-refractivity contribution in [3.05, 3.63) is 70.2 Å². The fourth-order valence-electron chi connectivity index (χ4n) is 4.73. The number of sulfonamides is 1. The normalized spacial score (nSPS) is 11.7. The van der Waals surface area contributed by atoms with Gasteiger partial charge in [0.25, 0.3) is 10.0 Å². The van der Waals surface area contributed by atoms with Gasteiger partial charge in [-0.3, -0.25) is 13.9 Å². The molecule has 0 spiro atoms. The van der Waals surface area contributed by atoms with Crippen molar-refractivity contribution in [2.24, 2.45) is 0 Å². The summed E-state index contributed by atoms with van der Waals surface area (Å²) in [6.45, 7) is 3.35. The van der Waals surface area contributed by atoms with Gasteiger partial charge in [0.1, 0.15) is 24.1 Å². The average molecular weight is 697 g/mol. The van der Waals surface area contributed by atoms with Crippen LogP contribution in [0.4, 0.5) is 5.69 Å². The summed E-state index contributed by atoms with van der Waals surface area (Å²) in [6, 6.07) is 12.7. The number of amides is 2. The summed E-state index contributed by atoms with van der Waals surface area (Å²) in [6.07, 6.45) is 0.948. The minimum atomic E-state index is -4.47. The Bertz CT molecular complexity index is 1640. The number of carbonyl (C=O) groups is 2. The Morgan fingerprint density at radius 2 is 1.50 bits per heavy atom. The number of nitrogens with one attached hydrogen (secondary N) is 1. The van der Waals surface area contributed by atoms with Crippen molar-refractivity contribution in [2.75, 3.05) is 45.8 Å². The van der Waals surface area contributed by atoms with Gasteiger partial charge >= 0.3 is 0 Å². The Labute approximate surface area is 280 Å². The lowest BCUT2D eigenvalue weighted by molar-refractivity contribution is -0.140. The van der Waals surface area contributed by atoms with Gasteiger partial charge in [-0.2, -0.15) is 0 Å². The number of methoxy groups -OCH3 is 4. The van der Waals surface area contributed by atoms with Crippen LogP contribution in [0, 0.1) is 0 Å². The van der Waals surface area contributed by atoms with E-state index in [1.165, 1.54) is 63.7 Å². The van der Waals surface area contributed by atoms with Crippen molar-refractivity contribution in [1.82, 2.24) is 10.2 Å². The topological polar surface area (TPSA) is 124 Å². The molecule has 0 saturated heterocycles. The molecular weight excluding hydrogens is 657 g/mol. The van der Waals surface area contributed by atoms with Crippen molar-refractivity contribution < 1.29 is 37.0 Å². The zero-order chi connectivity index (χ0) is 34.0. The van der Waals surface area contributed by atoms with Gasteiger partial charge in [0, 0.05) is 25.2 Å². The third-order valence-electron chi connectivity index (χ3n) is 7.15. The maximum atomic E-state index is 14.4. The van der Waals surface area contributed by atoms with Crippen LogP contribution in [0.15, 0.2) is 59.5 Å². The van der Waals surface area contributed by atoms with Crippen LogP contribution in [-0.4, -0.2) is 72.7 Å². The quantitative estimate of drug-likeness (QED) is 0.207. The summed E-state index contributed by atoms with van der Waals surface area (Å²) in [5.74, 6) is -0.0354. The van der Waals surface area contributed by atoms with Crippen LogP contribution >= 0.6 is 23.2 Å². The zero-order valence-electron chi connectivity index (χ0n) is 26.6.